The topological polar surface area (TPSA) is 70.1 Å². The van der Waals surface area contributed by atoms with E-state index in [1.807, 2.05) is 37.2 Å². The highest BCUT2D eigenvalue weighted by Gasteiger charge is 2.31. The molecule has 0 aromatic heterocycles. The van der Waals surface area contributed by atoms with Crippen LogP contribution in [0.3, 0.4) is 0 Å². The zero-order chi connectivity index (χ0) is 22.8. The maximum Gasteiger partial charge on any atom is 0.308 e. The number of carbonyl (C=O) groups excluding carboxylic acids is 2. The number of nitrogens with zero attached hydrogens (tertiary/aromatic N) is 2. The lowest BCUT2D eigenvalue weighted by Crippen LogP contribution is -2.31. The summed E-state index contributed by atoms with van der Waals surface area (Å²) in [4.78, 5) is 29.8. The van der Waals surface area contributed by atoms with E-state index < -0.39 is 5.97 Å². The Morgan fingerprint density at radius 1 is 0.969 bits per heavy atom. The first-order valence-electron chi connectivity index (χ1n) is 10.9. The number of hydrogen-bond acceptors (Lipinski definition) is 6. The summed E-state index contributed by atoms with van der Waals surface area (Å²) in [7, 11) is 3.84. The van der Waals surface area contributed by atoms with Crippen LogP contribution in [0.15, 0.2) is 48.5 Å². The third kappa shape index (κ3) is 4.00. The lowest BCUT2D eigenvalue weighted by molar-refractivity contribution is -0.131. The first-order chi connectivity index (χ1) is 15.4. The Morgan fingerprint density at radius 2 is 1.66 bits per heavy atom. The SMILES string of the molecule is CC(=O)Oc1c(N2CCCCC2)c(C(=O)c2ccccc2)c(O)c2ccc(N(C)C)cc12. The highest BCUT2D eigenvalue weighted by molar-refractivity contribution is 6.20. The minimum Gasteiger partial charge on any atom is -0.506 e. The van der Waals surface area contributed by atoms with Gasteiger partial charge in [-0.1, -0.05) is 30.3 Å². The van der Waals surface area contributed by atoms with Gasteiger partial charge in [-0.15, -0.1) is 0 Å². The van der Waals surface area contributed by atoms with Gasteiger partial charge in [0.15, 0.2) is 11.5 Å². The predicted molar refractivity (Wildman–Crippen MR) is 127 cm³/mol. The van der Waals surface area contributed by atoms with Gasteiger partial charge in [-0.2, -0.15) is 0 Å². The van der Waals surface area contributed by atoms with Crippen LogP contribution in [0.4, 0.5) is 11.4 Å². The Bertz CT molecular complexity index is 1170. The molecule has 1 heterocycles. The number of ketones is 1. The largest absolute Gasteiger partial charge is 0.506 e. The summed E-state index contributed by atoms with van der Waals surface area (Å²) in [5.74, 6) is -0.523. The zero-order valence-corrected chi connectivity index (χ0v) is 18.7. The van der Waals surface area contributed by atoms with Gasteiger partial charge in [0.25, 0.3) is 0 Å². The van der Waals surface area contributed by atoms with E-state index in [4.69, 9.17) is 4.74 Å². The molecule has 0 radical (unpaired) electrons. The van der Waals surface area contributed by atoms with E-state index >= 15 is 0 Å². The van der Waals surface area contributed by atoms with Crippen molar-refractivity contribution in [3.05, 3.63) is 59.7 Å². The quantitative estimate of drug-likeness (QED) is 0.356. The van der Waals surface area contributed by atoms with E-state index in [1.165, 1.54) is 6.92 Å². The van der Waals surface area contributed by atoms with Gasteiger partial charge in [0.05, 0.1) is 11.3 Å². The first-order valence-corrected chi connectivity index (χ1v) is 10.9. The van der Waals surface area contributed by atoms with Crippen LogP contribution in [-0.2, 0) is 4.79 Å². The van der Waals surface area contributed by atoms with Crippen molar-refractivity contribution in [2.24, 2.45) is 0 Å². The number of anilines is 2. The van der Waals surface area contributed by atoms with E-state index in [1.54, 1.807) is 30.3 Å². The van der Waals surface area contributed by atoms with Crippen LogP contribution in [0.5, 0.6) is 11.5 Å². The van der Waals surface area contributed by atoms with Crippen molar-refractivity contribution in [3.63, 3.8) is 0 Å². The van der Waals surface area contributed by atoms with Crippen LogP contribution < -0.4 is 14.5 Å². The smallest absolute Gasteiger partial charge is 0.308 e. The molecule has 0 aliphatic carbocycles. The number of carbonyl (C=O) groups is 2. The molecule has 6 heteroatoms. The molecule has 0 spiro atoms. The molecule has 3 aromatic rings. The number of piperidine rings is 1. The van der Waals surface area contributed by atoms with Gasteiger partial charge < -0.3 is 19.6 Å². The molecule has 32 heavy (non-hydrogen) atoms. The number of fused-ring (bicyclic) bond motifs is 1. The van der Waals surface area contributed by atoms with Crippen molar-refractivity contribution in [1.29, 1.82) is 0 Å². The van der Waals surface area contributed by atoms with E-state index in [-0.39, 0.29) is 17.1 Å². The molecule has 1 aliphatic heterocycles. The standard InChI is InChI=1S/C26H28N2O4/c1-17(29)32-26-21-16-19(27(2)3)12-13-20(21)25(31)22(23(26)28-14-8-5-9-15-28)24(30)18-10-6-4-7-11-18/h4,6-7,10-13,16,31H,5,8-9,14-15H2,1-3H3. The van der Waals surface area contributed by atoms with E-state index in [2.05, 4.69) is 4.90 Å². The molecule has 0 bridgehead atoms. The van der Waals surface area contributed by atoms with Crippen molar-refractivity contribution in [2.45, 2.75) is 26.2 Å². The van der Waals surface area contributed by atoms with Gasteiger partial charge >= 0.3 is 5.97 Å². The third-order valence-corrected chi connectivity index (χ3v) is 5.89. The van der Waals surface area contributed by atoms with Gasteiger partial charge in [0, 0.05) is 56.1 Å². The van der Waals surface area contributed by atoms with E-state index in [0.717, 1.165) is 38.0 Å². The molecule has 1 fully saturated rings. The van der Waals surface area contributed by atoms with E-state index in [0.29, 0.717) is 27.8 Å². The number of benzene rings is 3. The summed E-state index contributed by atoms with van der Waals surface area (Å²) in [5.41, 5.74) is 2.05. The summed E-state index contributed by atoms with van der Waals surface area (Å²) in [5, 5.41) is 12.5. The Balaban J connectivity index is 2.08. The maximum atomic E-state index is 13.7. The molecule has 0 amide bonds. The molecule has 0 atom stereocenters. The number of rotatable bonds is 5. The second-order valence-electron chi connectivity index (χ2n) is 8.36. The van der Waals surface area contributed by atoms with Crippen molar-refractivity contribution >= 4 is 33.9 Å². The predicted octanol–water partition coefficient (Wildman–Crippen LogP) is 4.76. The van der Waals surface area contributed by atoms with Crippen molar-refractivity contribution in [2.75, 3.05) is 37.0 Å². The number of phenolic OH excluding ortho intramolecular Hbond substituents is 1. The van der Waals surface area contributed by atoms with Gasteiger partial charge in [-0.25, -0.2) is 0 Å². The monoisotopic (exact) mass is 432 g/mol. The second kappa shape index (κ2) is 8.91. The molecule has 6 nitrogen and oxygen atoms in total. The number of aromatic hydroxyl groups is 1. The van der Waals surface area contributed by atoms with Crippen LogP contribution >= 0.6 is 0 Å². The highest BCUT2D eigenvalue weighted by atomic mass is 16.5. The summed E-state index contributed by atoms with van der Waals surface area (Å²) >= 11 is 0. The average molecular weight is 433 g/mol. The average Bonchev–Trinajstić information content (AvgIpc) is 2.80. The summed E-state index contributed by atoms with van der Waals surface area (Å²) < 4.78 is 5.77. The lowest BCUT2D eigenvalue weighted by atomic mass is 9.93. The molecule has 3 aromatic carbocycles. The van der Waals surface area contributed by atoms with Crippen LogP contribution in [-0.4, -0.2) is 44.0 Å². The molecule has 1 saturated heterocycles. The van der Waals surface area contributed by atoms with Gasteiger partial charge in [-0.05, 0) is 37.5 Å². The number of hydrogen-bond donors (Lipinski definition) is 1. The lowest BCUT2D eigenvalue weighted by Gasteiger charge is -2.32. The van der Waals surface area contributed by atoms with Gasteiger partial charge in [-0.3, -0.25) is 9.59 Å². The third-order valence-electron chi connectivity index (χ3n) is 5.89. The molecular weight excluding hydrogens is 404 g/mol. The van der Waals surface area contributed by atoms with Crippen LogP contribution in [0.1, 0.15) is 42.1 Å². The fourth-order valence-corrected chi connectivity index (χ4v) is 4.31. The second-order valence-corrected chi connectivity index (χ2v) is 8.36. The van der Waals surface area contributed by atoms with Crippen molar-refractivity contribution < 1.29 is 19.4 Å². The summed E-state index contributed by atoms with van der Waals surface area (Å²) in [6.07, 6.45) is 3.04. The highest BCUT2D eigenvalue weighted by Crippen LogP contribution is 2.48. The Morgan fingerprint density at radius 3 is 2.28 bits per heavy atom. The normalized spacial score (nSPS) is 13.8. The minimum absolute atomic E-state index is 0.0874. The fraction of sp³-hybridized carbons (Fsp3) is 0.308. The molecule has 166 valence electrons. The summed E-state index contributed by atoms with van der Waals surface area (Å²) in [6.45, 7) is 2.80. The number of esters is 1. The summed E-state index contributed by atoms with van der Waals surface area (Å²) in [6, 6.07) is 14.4. The van der Waals surface area contributed by atoms with Crippen LogP contribution in [0, 0.1) is 0 Å². The number of ether oxygens (including phenoxy) is 1. The van der Waals surface area contributed by atoms with Gasteiger partial charge in [0.2, 0.25) is 0 Å². The van der Waals surface area contributed by atoms with Gasteiger partial charge in [0.1, 0.15) is 5.75 Å². The van der Waals surface area contributed by atoms with Crippen molar-refractivity contribution in [1.82, 2.24) is 0 Å². The number of phenols is 1. The first kappa shape index (κ1) is 21.7. The van der Waals surface area contributed by atoms with Crippen LogP contribution in [0.2, 0.25) is 0 Å². The molecule has 1 aliphatic rings. The minimum atomic E-state index is -0.469. The zero-order valence-electron chi connectivity index (χ0n) is 18.7. The van der Waals surface area contributed by atoms with Crippen LogP contribution in [0.25, 0.3) is 10.8 Å². The maximum absolute atomic E-state index is 13.7. The Hall–Kier alpha value is -3.54. The molecule has 0 saturated carbocycles. The molecular formula is C26H28N2O4. The Kier molecular flexibility index (Phi) is 6.04. The van der Waals surface area contributed by atoms with E-state index in [9.17, 15) is 14.7 Å². The molecule has 4 rings (SSSR count). The molecule has 1 N–H and O–H groups in total. The van der Waals surface area contributed by atoms with Crippen molar-refractivity contribution in [3.8, 4) is 11.5 Å². The fourth-order valence-electron chi connectivity index (χ4n) is 4.31. The molecule has 0 unspecified atom stereocenters. The Labute approximate surface area is 188 Å².